The summed E-state index contributed by atoms with van der Waals surface area (Å²) >= 11 is 11.0. The average molecular weight is 236 g/mol. The predicted octanol–water partition coefficient (Wildman–Crippen LogP) is 1.38. The van der Waals surface area contributed by atoms with Crippen LogP contribution in [0.2, 0.25) is 0 Å². The van der Waals surface area contributed by atoms with Gasteiger partial charge in [0.1, 0.15) is 6.33 Å². The van der Waals surface area contributed by atoms with Gasteiger partial charge in [-0.1, -0.05) is 23.2 Å². The minimum absolute atomic E-state index is 0.00783. The van der Waals surface area contributed by atoms with E-state index in [-0.39, 0.29) is 12.4 Å². The zero-order chi connectivity index (χ0) is 10.6. The molecule has 0 N–H and O–H groups in total. The minimum Gasteiger partial charge on any atom is -0.463 e. The second-order valence-electron chi connectivity index (χ2n) is 2.31. The molecule has 0 unspecified atom stereocenters. The van der Waals surface area contributed by atoms with Gasteiger partial charge in [0.25, 0.3) is 5.82 Å². The molecule has 0 aliphatic heterocycles. The van der Waals surface area contributed by atoms with Crippen LogP contribution >= 0.6 is 23.2 Å². The highest BCUT2D eigenvalue weighted by Gasteiger charge is 2.10. The molecule has 0 bridgehead atoms. The van der Waals surface area contributed by atoms with Crippen LogP contribution in [0.1, 0.15) is 10.6 Å². The topological polar surface area (TPSA) is 57.0 Å². The van der Waals surface area contributed by atoms with Crippen LogP contribution in [0.4, 0.5) is 0 Å². The number of hydrogen-bond acceptors (Lipinski definition) is 4. The van der Waals surface area contributed by atoms with Crippen LogP contribution in [0, 0.1) is 0 Å². The van der Waals surface area contributed by atoms with Gasteiger partial charge in [0.05, 0.1) is 18.7 Å². The predicted molar refractivity (Wildman–Crippen MR) is 51.2 cm³/mol. The van der Waals surface area contributed by atoms with Crippen LogP contribution < -0.4 is 0 Å². The first-order valence-electron chi connectivity index (χ1n) is 3.60. The van der Waals surface area contributed by atoms with Gasteiger partial charge in [-0.3, -0.25) is 0 Å². The van der Waals surface area contributed by atoms with Crippen molar-refractivity contribution in [2.45, 2.75) is 6.54 Å². The van der Waals surface area contributed by atoms with Crippen LogP contribution in [0.15, 0.2) is 16.9 Å². The molecule has 0 fully saturated rings. The smallest absolute Gasteiger partial charge is 0.377 e. The quantitative estimate of drug-likeness (QED) is 0.744. The van der Waals surface area contributed by atoms with Crippen LogP contribution in [0.25, 0.3) is 0 Å². The summed E-state index contributed by atoms with van der Waals surface area (Å²) in [4.78, 5) is 14.7. The summed E-state index contributed by atoms with van der Waals surface area (Å²) < 4.78 is 5.81. The van der Waals surface area contributed by atoms with E-state index in [0.29, 0.717) is 5.03 Å². The summed E-state index contributed by atoms with van der Waals surface area (Å²) in [5.41, 5.74) is 1.22. The van der Waals surface area contributed by atoms with Gasteiger partial charge >= 0.3 is 5.97 Å². The van der Waals surface area contributed by atoms with Crippen molar-refractivity contribution < 1.29 is 9.53 Å². The lowest BCUT2D eigenvalue weighted by atomic mass is 10.6. The molecule has 1 heterocycles. The van der Waals surface area contributed by atoms with E-state index >= 15 is 0 Å². The molecule has 0 aliphatic carbocycles. The number of aromatic nitrogens is 3. The zero-order valence-corrected chi connectivity index (χ0v) is 8.79. The molecule has 76 valence electrons. The molecule has 0 radical (unpaired) electrons. The molecular formula is C7H7Cl2N3O2. The molecule has 0 amide bonds. The Morgan fingerprint density at radius 2 is 2.50 bits per heavy atom. The maximum Gasteiger partial charge on any atom is 0.377 e. The van der Waals surface area contributed by atoms with Crippen LogP contribution in [-0.2, 0) is 11.3 Å². The number of carbonyl (C=O) groups is 1. The largest absolute Gasteiger partial charge is 0.463 e. The minimum atomic E-state index is -0.588. The third kappa shape index (κ3) is 2.71. The number of halogens is 2. The fourth-order valence-electron chi connectivity index (χ4n) is 0.745. The van der Waals surface area contributed by atoms with Crippen molar-refractivity contribution in [1.82, 2.24) is 14.8 Å². The summed E-state index contributed by atoms with van der Waals surface area (Å²) in [5, 5.41) is 4.21. The number of ether oxygens (including phenoxy) is 1. The highest BCUT2D eigenvalue weighted by Crippen LogP contribution is 2.06. The Labute approximate surface area is 90.3 Å². The Bertz CT molecular complexity index is 362. The number of carbonyl (C=O) groups excluding carboxylic acids is 1. The first-order chi connectivity index (χ1) is 6.67. The summed E-state index contributed by atoms with van der Waals surface area (Å²) in [6.45, 7) is 0.273. The monoisotopic (exact) mass is 235 g/mol. The SMILES string of the molecule is COC(=O)c1ncn(CC(Cl)=CCl)n1. The number of esters is 1. The van der Waals surface area contributed by atoms with Gasteiger partial charge in [0, 0.05) is 5.54 Å². The van der Waals surface area contributed by atoms with E-state index in [1.165, 1.54) is 23.7 Å². The van der Waals surface area contributed by atoms with Crippen molar-refractivity contribution in [3.05, 3.63) is 22.7 Å². The van der Waals surface area contributed by atoms with E-state index in [4.69, 9.17) is 23.2 Å². The average Bonchev–Trinajstić information content (AvgIpc) is 2.65. The van der Waals surface area contributed by atoms with Gasteiger partial charge in [-0.2, -0.15) is 0 Å². The van der Waals surface area contributed by atoms with E-state index in [0.717, 1.165) is 0 Å². The fraction of sp³-hybridized carbons (Fsp3) is 0.286. The second-order valence-corrected chi connectivity index (χ2v) is 3.02. The van der Waals surface area contributed by atoms with Gasteiger partial charge in [-0.15, -0.1) is 5.10 Å². The Morgan fingerprint density at radius 1 is 1.79 bits per heavy atom. The summed E-state index contributed by atoms with van der Waals surface area (Å²) in [6.07, 6.45) is 1.37. The Balaban J connectivity index is 2.73. The molecule has 0 spiro atoms. The summed E-state index contributed by atoms with van der Waals surface area (Å²) in [6, 6.07) is 0. The molecule has 0 saturated carbocycles. The number of rotatable bonds is 3. The molecular weight excluding hydrogens is 229 g/mol. The van der Waals surface area contributed by atoms with E-state index < -0.39 is 5.97 Å². The summed E-state index contributed by atoms with van der Waals surface area (Å²) in [5.74, 6) is -0.596. The molecule has 1 aromatic rings. The van der Waals surface area contributed by atoms with Crippen molar-refractivity contribution in [3.63, 3.8) is 0 Å². The van der Waals surface area contributed by atoms with E-state index in [2.05, 4.69) is 14.8 Å². The van der Waals surface area contributed by atoms with Crippen molar-refractivity contribution >= 4 is 29.2 Å². The van der Waals surface area contributed by atoms with Crippen LogP contribution in [0.3, 0.4) is 0 Å². The Kier molecular flexibility index (Phi) is 3.91. The first-order valence-corrected chi connectivity index (χ1v) is 4.41. The molecule has 1 aromatic heterocycles. The van der Waals surface area contributed by atoms with Crippen LogP contribution in [-0.4, -0.2) is 27.8 Å². The highest BCUT2D eigenvalue weighted by molar-refractivity contribution is 6.36. The number of nitrogens with zero attached hydrogens (tertiary/aromatic N) is 3. The van der Waals surface area contributed by atoms with Crippen LogP contribution in [0.5, 0.6) is 0 Å². The molecule has 5 nitrogen and oxygen atoms in total. The molecule has 0 saturated heterocycles. The lowest BCUT2D eigenvalue weighted by Crippen LogP contribution is -2.06. The highest BCUT2D eigenvalue weighted by atomic mass is 35.5. The van der Waals surface area contributed by atoms with E-state index in [1.54, 1.807) is 0 Å². The molecule has 0 aliphatic rings. The standard InChI is InChI=1S/C7H7Cl2N3O2/c1-14-7(13)6-10-4-12(11-6)3-5(9)2-8/h2,4H,3H2,1H3. The molecule has 7 heteroatoms. The van der Waals surface area contributed by atoms with Gasteiger partial charge in [-0.05, 0) is 0 Å². The number of allylic oxidation sites excluding steroid dienone is 1. The number of methoxy groups -OCH3 is 1. The maximum absolute atomic E-state index is 10.9. The normalized spacial score (nSPS) is 11.5. The van der Waals surface area contributed by atoms with Gasteiger partial charge < -0.3 is 4.74 Å². The maximum atomic E-state index is 10.9. The van der Waals surface area contributed by atoms with Crippen molar-refractivity contribution in [2.24, 2.45) is 0 Å². The fourth-order valence-corrected chi connectivity index (χ4v) is 0.936. The van der Waals surface area contributed by atoms with Gasteiger partial charge in [0.15, 0.2) is 0 Å². The molecule has 0 atom stereocenters. The van der Waals surface area contributed by atoms with Gasteiger partial charge in [0.2, 0.25) is 0 Å². The first kappa shape index (κ1) is 11.0. The molecule has 14 heavy (non-hydrogen) atoms. The third-order valence-corrected chi connectivity index (χ3v) is 1.94. The zero-order valence-electron chi connectivity index (χ0n) is 7.28. The lowest BCUT2D eigenvalue weighted by molar-refractivity contribution is 0.0586. The van der Waals surface area contributed by atoms with Crippen molar-refractivity contribution in [1.29, 1.82) is 0 Å². The molecule has 1 rings (SSSR count). The van der Waals surface area contributed by atoms with E-state index in [1.807, 2.05) is 0 Å². The Hall–Kier alpha value is -1.07. The third-order valence-electron chi connectivity index (χ3n) is 1.34. The summed E-state index contributed by atoms with van der Waals surface area (Å²) in [7, 11) is 1.26. The van der Waals surface area contributed by atoms with Gasteiger partial charge in [-0.25, -0.2) is 14.5 Å². The van der Waals surface area contributed by atoms with Crippen molar-refractivity contribution in [2.75, 3.05) is 7.11 Å². The Morgan fingerprint density at radius 3 is 3.07 bits per heavy atom. The number of hydrogen-bond donors (Lipinski definition) is 0. The lowest BCUT2D eigenvalue weighted by Gasteiger charge is -1.96. The molecule has 0 aromatic carbocycles. The second kappa shape index (κ2) is 4.97. The van der Waals surface area contributed by atoms with E-state index in [9.17, 15) is 4.79 Å². The van der Waals surface area contributed by atoms with Crippen molar-refractivity contribution in [3.8, 4) is 0 Å².